The van der Waals surface area contributed by atoms with Gasteiger partial charge < -0.3 is 21.1 Å². The molecule has 0 fully saturated rings. The van der Waals surface area contributed by atoms with E-state index in [9.17, 15) is 0 Å². The van der Waals surface area contributed by atoms with Crippen molar-refractivity contribution < 1.29 is 33.8 Å². The van der Waals surface area contributed by atoms with Crippen LogP contribution in [0.1, 0.15) is 41.5 Å². The molecule has 0 aromatic carbocycles. The van der Waals surface area contributed by atoms with E-state index in [4.69, 9.17) is 21.1 Å². The molecule has 0 aliphatic heterocycles. The van der Waals surface area contributed by atoms with Crippen LogP contribution in [0.2, 0.25) is 0 Å². The normalized spacial score (nSPS) is 15.1. The summed E-state index contributed by atoms with van der Waals surface area (Å²) in [4.78, 5) is 16.9. The van der Waals surface area contributed by atoms with E-state index in [1.54, 1.807) is 24.2 Å². The summed E-state index contributed by atoms with van der Waals surface area (Å²) in [6.45, 7) is 13.1. The minimum absolute atomic E-state index is 0. The predicted molar refractivity (Wildman–Crippen MR) is 81.6 cm³/mol. The number of hydrogen-bond acceptors (Lipinski definition) is 2. The van der Waals surface area contributed by atoms with Crippen LogP contribution in [0, 0.1) is 17.4 Å². The van der Waals surface area contributed by atoms with Gasteiger partial charge in [0.05, 0.1) is 0 Å². The van der Waals surface area contributed by atoms with Crippen molar-refractivity contribution in [2.24, 2.45) is 11.3 Å². The van der Waals surface area contributed by atoms with Gasteiger partial charge in [-0.1, -0.05) is 33.6 Å². The first-order valence-electron chi connectivity index (χ1n) is 6.08. The molecule has 4 nitrogen and oxygen atoms in total. The fraction of sp³-hybridized carbons (Fsp3) is 0.533. The molecule has 0 spiro atoms. The summed E-state index contributed by atoms with van der Waals surface area (Å²) in [6, 6.07) is 0. The number of nitrogens with one attached hydrogen (secondary N) is 2. The molecule has 2 N–H and O–H groups in total. The minimum atomic E-state index is 0. The Morgan fingerprint density at radius 1 is 1.25 bits per heavy atom. The number of carbonyl (C=O) groups is 2. The summed E-state index contributed by atoms with van der Waals surface area (Å²) in [7, 11) is 0. The van der Waals surface area contributed by atoms with Gasteiger partial charge in [-0.05, 0) is 5.41 Å². The van der Waals surface area contributed by atoms with E-state index in [0.29, 0.717) is 11.3 Å². The van der Waals surface area contributed by atoms with Gasteiger partial charge >= 0.3 is 41.3 Å². The Morgan fingerprint density at radius 3 is 1.65 bits per heavy atom. The molecular weight excluding hydrogens is 331 g/mol. The molecule has 0 aromatic heterocycles. The number of carbonyl (C=O) groups excluding carboxylic acids is 2. The summed E-state index contributed by atoms with van der Waals surface area (Å²) < 4.78 is 1.51. The van der Waals surface area contributed by atoms with Crippen molar-refractivity contribution in [3.8, 4) is 0 Å². The van der Waals surface area contributed by atoms with Crippen molar-refractivity contribution in [1.82, 2.24) is 0 Å². The molecule has 0 saturated carbocycles. The Labute approximate surface area is 138 Å². The monoisotopic (exact) mass is 355 g/mol. The van der Waals surface area contributed by atoms with Gasteiger partial charge in [0.1, 0.15) is 0 Å². The molecule has 0 radical (unpaired) electrons. The maximum atomic E-state index is 8.47. The summed E-state index contributed by atoms with van der Waals surface area (Å²) in [5.41, 5.74) is 12.7. The smallest absolute Gasteiger partial charge is 0.0344 e. The Bertz CT molecular complexity index is 332. The van der Waals surface area contributed by atoms with Crippen LogP contribution in [0.15, 0.2) is 17.7 Å². The summed E-state index contributed by atoms with van der Waals surface area (Å²) >= 11 is 1.55. The van der Waals surface area contributed by atoms with E-state index in [2.05, 4.69) is 59.8 Å². The Kier molecular flexibility index (Phi) is 17.6. The van der Waals surface area contributed by atoms with Gasteiger partial charge in [0, 0.05) is 12.8 Å². The zero-order valence-electron chi connectivity index (χ0n) is 13.2. The van der Waals surface area contributed by atoms with Crippen LogP contribution in [0.4, 0.5) is 0 Å². The molecule has 20 heavy (non-hydrogen) atoms. The van der Waals surface area contributed by atoms with E-state index in [-0.39, 0.29) is 12.8 Å². The number of hydrogen-bond donors (Lipinski definition) is 0. The molecule has 1 atom stereocenters. The first-order valence-corrected chi connectivity index (χ1v) is 7.31. The van der Waals surface area contributed by atoms with Crippen molar-refractivity contribution >= 4 is 16.0 Å². The Balaban J connectivity index is -0.000000242. The Morgan fingerprint density at radius 2 is 1.55 bits per heavy atom. The van der Waals surface area contributed by atoms with E-state index in [1.165, 1.54) is 8.78 Å². The minimum Gasteiger partial charge on any atom is -0.671 e. The molecule has 0 heterocycles. The zero-order chi connectivity index (χ0) is 16.8. The maximum Gasteiger partial charge on any atom is 0.0344 e. The molecule has 5 heteroatoms. The maximum absolute atomic E-state index is 8.47. The van der Waals surface area contributed by atoms with Gasteiger partial charge in [-0.25, -0.2) is 11.6 Å². The zero-order valence-corrected chi connectivity index (χ0v) is 15.7. The van der Waals surface area contributed by atoms with Crippen LogP contribution in [0.25, 0.3) is 11.5 Å². The molecular formula is C15H25N2O2Zr-3. The van der Waals surface area contributed by atoms with Crippen LogP contribution >= 0.6 is 0 Å². The van der Waals surface area contributed by atoms with E-state index < -0.39 is 0 Å². The molecule has 0 bridgehead atoms. The molecule has 2 amide bonds. The molecule has 1 aliphatic carbocycles. The fourth-order valence-corrected chi connectivity index (χ4v) is 1.09. The summed E-state index contributed by atoms with van der Waals surface area (Å²) in [5.74, 6) is 0.521. The van der Waals surface area contributed by atoms with Gasteiger partial charge in [-0.2, -0.15) is 6.08 Å². The van der Waals surface area contributed by atoms with Gasteiger partial charge in [0.25, 0.3) is 0 Å². The second-order valence-electron chi connectivity index (χ2n) is 5.27. The van der Waals surface area contributed by atoms with Crippen LogP contribution in [-0.2, 0) is 33.8 Å². The van der Waals surface area contributed by atoms with Crippen LogP contribution in [0.3, 0.4) is 0 Å². The van der Waals surface area contributed by atoms with Crippen molar-refractivity contribution in [3.05, 3.63) is 35.3 Å². The van der Waals surface area contributed by atoms with Crippen LogP contribution < -0.4 is 0 Å². The third kappa shape index (κ3) is 22.4. The first-order chi connectivity index (χ1) is 9.06. The van der Waals surface area contributed by atoms with Crippen molar-refractivity contribution in [2.75, 3.05) is 0 Å². The third-order valence-electron chi connectivity index (χ3n) is 1.85. The van der Waals surface area contributed by atoms with E-state index >= 15 is 0 Å². The molecule has 1 unspecified atom stereocenters. The van der Waals surface area contributed by atoms with Gasteiger partial charge in [-0.3, -0.25) is 6.08 Å². The number of allylic oxidation sites excluding steroid dienone is 4. The van der Waals surface area contributed by atoms with Crippen molar-refractivity contribution in [2.45, 2.75) is 41.5 Å². The Hall–Kier alpha value is -0.827. The molecule has 1 aliphatic rings. The summed E-state index contributed by atoms with van der Waals surface area (Å²) in [5, 5.41) is 0. The molecule has 1 rings (SSSR count). The quantitative estimate of drug-likeness (QED) is 0.483. The van der Waals surface area contributed by atoms with Crippen LogP contribution in [0.5, 0.6) is 0 Å². The van der Waals surface area contributed by atoms with Gasteiger partial charge in [0.15, 0.2) is 0 Å². The largest absolute Gasteiger partial charge is 0.671 e. The number of rotatable bonds is 0. The van der Waals surface area contributed by atoms with E-state index in [1.807, 2.05) is 0 Å². The molecule has 0 aromatic rings. The SMILES string of the molecule is CC1=[C-]C(C(C)(C)C)C=C1.C[C](C)=[Zr].[NH-]C=O.[NH-]C=O. The van der Waals surface area contributed by atoms with Crippen LogP contribution in [-0.4, -0.2) is 16.0 Å². The second kappa shape index (κ2) is 14.6. The average Bonchev–Trinajstić information content (AvgIpc) is 2.65. The van der Waals surface area contributed by atoms with Gasteiger partial charge in [-0.15, -0.1) is 0 Å². The molecule has 114 valence electrons. The van der Waals surface area contributed by atoms with Crippen molar-refractivity contribution in [3.63, 3.8) is 0 Å². The average molecular weight is 357 g/mol. The second-order valence-corrected chi connectivity index (χ2v) is 7.72. The molecule has 0 saturated heterocycles. The topological polar surface area (TPSA) is 81.7 Å². The van der Waals surface area contributed by atoms with E-state index in [0.717, 1.165) is 0 Å². The number of amides is 2. The predicted octanol–water partition coefficient (Wildman–Crippen LogP) is 4.10. The summed E-state index contributed by atoms with van der Waals surface area (Å²) in [6.07, 6.45) is 7.78. The first kappa shape index (κ1) is 24.2. The third-order valence-corrected chi connectivity index (χ3v) is 1.85. The fourth-order valence-electron chi connectivity index (χ4n) is 1.09. The van der Waals surface area contributed by atoms with Crippen molar-refractivity contribution in [1.29, 1.82) is 0 Å². The van der Waals surface area contributed by atoms with Gasteiger partial charge in [0.2, 0.25) is 0 Å². The standard InChI is InChI=1S/C10H15.C3H6.2CH3NO.Zr/c1-8-5-6-9(7-8)10(2,3)4;1-3-2;2*2-1-3;/h5-6,9H,1-4H3;1-2H3;2*1H,(H2,2,3);/q-1;;;;/p-2.